The number of aromatic nitrogens is 1. The van der Waals surface area contributed by atoms with Crippen LogP contribution < -0.4 is 5.32 Å². The van der Waals surface area contributed by atoms with E-state index in [-0.39, 0.29) is 67.3 Å². The van der Waals surface area contributed by atoms with E-state index in [1.807, 2.05) is 33.8 Å². The highest BCUT2D eigenvalue weighted by Gasteiger charge is 2.52. The van der Waals surface area contributed by atoms with Crippen molar-refractivity contribution in [2.24, 2.45) is 5.41 Å². The Morgan fingerprint density at radius 2 is 1.74 bits per heavy atom. The summed E-state index contributed by atoms with van der Waals surface area (Å²) in [5.41, 5.74) is 1.61. The minimum atomic E-state index is -3.97. The first-order chi connectivity index (χ1) is 21.6. The van der Waals surface area contributed by atoms with E-state index in [9.17, 15) is 27.2 Å². The Morgan fingerprint density at radius 1 is 1.02 bits per heavy atom. The third-order valence-electron chi connectivity index (χ3n) is 9.32. The summed E-state index contributed by atoms with van der Waals surface area (Å²) in [5.74, 6) is -1.47. The lowest BCUT2D eigenvalue weighted by atomic mass is 9.85. The third-order valence-corrected chi connectivity index (χ3v) is 11.4. The number of fused-ring (bicyclic) bond motifs is 3. The second-order valence-electron chi connectivity index (χ2n) is 13.7. The Labute approximate surface area is 268 Å². The summed E-state index contributed by atoms with van der Waals surface area (Å²) in [6.45, 7) is 9.93. The maximum atomic E-state index is 14.0. The molecule has 2 aromatic carbocycles. The average Bonchev–Trinajstić information content (AvgIpc) is 3.74. The van der Waals surface area contributed by atoms with Crippen LogP contribution in [0.15, 0.2) is 47.4 Å². The number of likely N-dealkylation sites (tertiary alicyclic amines) is 2. The number of aromatic amines is 1. The van der Waals surface area contributed by atoms with E-state index in [1.54, 1.807) is 41.0 Å². The highest BCUT2D eigenvalue weighted by molar-refractivity contribution is 7.89. The number of carbonyl (C=O) groups is 3. The molecule has 3 aromatic rings. The van der Waals surface area contributed by atoms with E-state index >= 15 is 0 Å². The van der Waals surface area contributed by atoms with Crippen LogP contribution in [0, 0.1) is 25.1 Å². The number of aryl methyl sites for hydroxylation is 2. The number of benzene rings is 2. The number of hydrogen-bond donors (Lipinski definition) is 2. The number of ether oxygens (including phenoxy) is 1. The molecule has 2 bridgehead atoms. The Balaban J connectivity index is 1.16. The van der Waals surface area contributed by atoms with Crippen molar-refractivity contribution in [1.82, 2.24) is 24.4 Å². The van der Waals surface area contributed by atoms with Crippen LogP contribution in [-0.4, -0.2) is 102 Å². The molecule has 0 radical (unpaired) electrons. The van der Waals surface area contributed by atoms with Gasteiger partial charge in [-0.25, -0.2) is 12.8 Å². The topological polar surface area (TPSA) is 132 Å². The molecule has 4 atom stereocenters. The van der Waals surface area contributed by atoms with E-state index in [0.29, 0.717) is 22.9 Å². The molecule has 3 aliphatic rings. The monoisotopic (exact) mass is 653 g/mol. The Morgan fingerprint density at radius 3 is 2.43 bits per heavy atom. The van der Waals surface area contributed by atoms with E-state index < -0.39 is 39.2 Å². The van der Waals surface area contributed by atoms with Crippen molar-refractivity contribution in [2.75, 3.05) is 32.8 Å². The number of piperazine rings is 1. The van der Waals surface area contributed by atoms with Crippen LogP contribution in [0.5, 0.6) is 0 Å². The van der Waals surface area contributed by atoms with Crippen molar-refractivity contribution in [3.8, 4) is 0 Å². The lowest BCUT2D eigenvalue weighted by molar-refractivity contribution is -0.146. The fourth-order valence-corrected chi connectivity index (χ4v) is 8.69. The number of carbonyl (C=O) groups excluding carboxylic acids is 3. The lowest BCUT2D eigenvalue weighted by Crippen LogP contribution is -2.62. The molecule has 46 heavy (non-hydrogen) atoms. The highest BCUT2D eigenvalue weighted by atomic mass is 32.2. The summed E-state index contributed by atoms with van der Waals surface area (Å²) in [4.78, 5) is 47.8. The number of sulfonamides is 1. The molecule has 0 saturated carbocycles. The number of morpholine rings is 1. The zero-order chi connectivity index (χ0) is 33.1. The summed E-state index contributed by atoms with van der Waals surface area (Å²) in [5, 5.41) is 3.44. The van der Waals surface area contributed by atoms with Gasteiger partial charge in [0.25, 0.3) is 5.91 Å². The van der Waals surface area contributed by atoms with Crippen LogP contribution in [0.25, 0.3) is 10.9 Å². The lowest BCUT2D eigenvalue weighted by Gasteiger charge is -2.41. The summed E-state index contributed by atoms with van der Waals surface area (Å²) in [7, 11) is -3.97. The second-order valence-corrected chi connectivity index (χ2v) is 15.5. The van der Waals surface area contributed by atoms with Gasteiger partial charge in [0.2, 0.25) is 21.8 Å². The maximum Gasteiger partial charge on any atom is 0.268 e. The summed E-state index contributed by atoms with van der Waals surface area (Å²) < 4.78 is 48.2. The maximum absolute atomic E-state index is 14.0. The smallest absolute Gasteiger partial charge is 0.268 e. The molecular weight excluding hydrogens is 613 g/mol. The molecule has 0 unspecified atom stereocenters. The number of rotatable bonds is 6. The summed E-state index contributed by atoms with van der Waals surface area (Å²) in [6.07, 6.45) is 0.563. The number of halogens is 1. The first-order valence-electron chi connectivity index (χ1n) is 15.5. The van der Waals surface area contributed by atoms with Crippen molar-refractivity contribution in [1.29, 1.82) is 0 Å². The highest BCUT2D eigenvalue weighted by Crippen LogP contribution is 2.35. The quantitative estimate of drug-likeness (QED) is 0.421. The van der Waals surface area contributed by atoms with Gasteiger partial charge in [0.15, 0.2) is 0 Å². The number of hydrogen-bond acceptors (Lipinski definition) is 6. The van der Waals surface area contributed by atoms with E-state index in [4.69, 9.17) is 4.74 Å². The van der Waals surface area contributed by atoms with E-state index in [1.165, 1.54) is 16.4 Å². The molecule has 0 aliphatic carbocycles. The second kappa shape index (κ2) is 11.8. The van der Waals surface area contributed by atoms with Gasteiger partial charge >= 0.3 is 0 Å². The van der Waals surface area contributed by atoms with Gasteiger partial charge in [-0.05, 0) is 67.1 Å². The summed E-state index contributed by atoms with van der Waals surface area (Å²) in [6, 6.07) is 8.57. The normalized spacial score (nSPS) is 22.8. The predicted octanol–water partition coefficient (Wildman–Crippen LogP) is 2.97. The molecule has 6 rings (SSSR count). The van der Waals surface area contributed by atoms with Gasteiger partial charge in [-0.15, -0.1) is 0 Å². The SMILES string of the molecule is Cc1ccc(C)c(S(=O)(=O)N2CCOC[C@@H]2C(=O)N2C[C@@H]3C[C@H]2CN3C(=O)[C@@H](NC(=O)c2cc3cc(F)ccc3[nH]2)C(C)(C)C)c1. The van der Waals surface area contributed by atoms with Gasteiger partial charge in [-0.3, -0.25) is 14.4 Å². The van der Waals surface area contributed by atoms with Crippen molar-refractivity contribution >= 4 is 38.6 Å². The largest absolute Gasteiger partial charge is 0.378 e. The van der Waals surface area contributed by atoms with Gasteiger partial charge in [0.05, 0.1) is 30.2 Å². The van der Waals surface area contributed by atoms with Gasteiger partial charge in [-0.1, -0.05) is 32.9 Å². The van der Waals surface area contributed by atoms with Crippen LogP contribution in [0.3, 0.4) is 0 Å². The molecule has 3 saturated heterocycles. The van der Waals surface area contributed by atoms with Crippen LogP contribution in [0.1, 0.15) is 48.8 Å². The molecule has 3 amide bonds. The van der Waals surface area contributed by atoms with Crippen molar-refractivity contribution in [3.05, 3.63) is 65.1 Å². The summed E-state index contributed by atoms with van der Waals surface area (Å²) >= 11 is 0. The molecule has 246 valence electrons. The fourth-order valence-electron chi connectivity index (χ4n) is 6.83. The van der Waals surface area contributed by atoms with Crippen molar-refractivity contribution in [3.63, 3.8) is 0 Å². The van der Waals surface area contributed by atoms with E-state index in [0.717, 1.165) is 5.56 Å². The Kier molecular flexibility index (Phi) is 8.22. The predicted molar refractivity (Wildman–Crippen MR) is 169 cm³/mol. The van der Waals surface area contributed by atoms with Crippen molar-refractivity contribution in [2.45, 2.75) is 70.1 Å². The molecule has 11 nitrogen and oxygen atoms in total. The Bertz CT molecular complexity index is 1820. The fraction of sp³-hybridized carbons (Fsp3) is 0.485. The molecule has 0 spiro atoms. The number of nitrogens with one attached hydrogen (secondary N) is 2. The van der Waals surface area contributed by atoms with Crippen LogP contribution in [0.2, 0.25) is 0 Å². The average molecular weight is 654 g/mol. The molecule has 13 heteroatoms. The molecule has 1 aromatic heterocycles. The minimum absolute atomic E-state index is 0.0437. The van der Waals surface area contributed by atoms with Gasteiger partial charge < -0.3 is 24.8 Å². The third kappa shape index (κ3) is 5.80. The number of nitrogens with zero attached hydrogens (tertiary/aromatic N) is 3. The number of amides is 3. The standard InChI is InChI=1S/C33H40FN5O6S/c1-19-6-7-20(2)28(12-19)46(43,44)39-10-11-45-18-27(39)31(41)37-16-24-15-23(37)17-38(24)32(42)29(33(3,4)5)36-30(40)26-14-21-13-22(34)8-9-25(21)35-26/h6-9,12-14,23-24,27,29,35H,10-11,15-18H2,1-5H3,(H,36,40)/t23-,24-,27+,29+/m0/s1. The van der Waals surface area contributed by atoms with Crippen molar-refractivity contribution < 1.29 is 31.9 Å². The molecule has 3 fully saturated rings. The van der Waals surface area contributed by atoms with Gasteiger partial charge in [0, 0.05) is 30.5 Å². The van der Waals surface area contributed by atoms with Crippen LogP contribution in [0.4, 0.5) is 4.39 Å². The van der Waals surface area contributed by atoms with E-state index in [2.05, 4.69) is 10.3 Å². The first-order valence-corrected chi connectivity index (χ1v) is 17.0. The van der Waals surface area contributed by atoms with Crippen LogP contribution >= 0.6 is 0 Å². The molecule has 2 N–H and O–H groups in total. The van der Waals surface area contributed by atoms with Crippen LogP contribution in [-0.2, 0) is 24.3 Å². The zero-order valence-corrected chi connectivity index (χ0v) is 27.5. The zero-order valence-electron chi connectivity index (χ0n) is 26.7. The van der Waals surface area contributed by atoms with Gasteiger partial charge in [0.1, 0.15) is 23.6 Å². The minimum Gasteiger partial charge on any atom is -0.378 e. The first kappa shape index (κ1) is 32.1. The molecular formula is C33H40FN5O6S. The molecule has 3 aliphatic heterocycles. The molecule has 4 heterocycles. The Hall–Kier alpha value is -3.81. The number of H-pyrrole nitrogens is 1. The van der Waals surface area contributed by atoms with Gasteiger partial charge in [-0.2, -0.15) is 4.31 Å².